The summed E-state index contributed by atoms with van der Waals surface area (Å²) in [6, 6.07) is 9.53. The molecule has 3 aliphatic rings. The number of nitrogens with zero attached hydrogens (tertiary/aromatic N) is 3. The Hall–Kier alpha value is -3.83. The molecule has 20 nitrogen and oxygen atoms in total. The van der Waals surface area contributed by atoms with Crippen LogP contribution >= 0.6 is 0 Å². The van der Waals surface area contributed by atoms with Gasteiger partial charge >= 0.3 is 29.8 Å². The number of aryl methyl sites for hydroxylation is 1. The quantitative estimate of drug-likeness (QED) is 0.0721. The number of cyclic esters (lactones) is 1. The number of ether oxygens (including phenoxy) is 11. The topological polar surface area (TPSA) is 217 Å². The monoisotopic (exact) mass is 1080 g/mol. The fourth-order valence-corrected chi connectivity index (χ4v) is 11.4. The molecule has 1 aromatic carbocycles. The molecule has 3 saturated heterocycles. The van der Waals surface area contributed by atoms with E-state index in [2.05, 4.69) is 22.2 Å². The Bertz CT molecular complexity index is 1940. The summed E-state index contributed by atoms with van der Waals surface area (Å²) >= 11 is 0. The van der Waals surface area contributed by atoms with Crippen LogP contribution in [0.2, 0.25) is 0 Å². The largest absolute Gasteiger partial charge is 0.463 e. The number of carbonyl (C=O) groups excluding carboxylic acids is 5. The standard InChI is InChI=1S/C56H93N3O17/c1-16-44(62)73-42-31-46(64)69-35(4)26-28-59(27-22-21-25-40-23-19-18-20-24-40)58(12)33-43(72-38(7)60)34(3)29-41(30-47(66-13)67-14)49(53(42)68-15)54-51(65)50(57(10)11)52(36(5)71-54)75-48-32-56(9,76-39(8)61)55(37(6)70-48)74-45(63)17-2/h18-20,23-24,34-37,41-43,47-55,65H,16-17,21-22,25-33H2,1-15H3/t34-,35-,36-,37+,41-,42-,43+,48-,49+,50-,51-,52-,53-,54+,55+,56-/m1/s1. The fraction of sp³-hybridized carbons (Fsp3) is 0.804. The minimum Gasteiger partial charge on any atom is -0.463 e. The van der Waals surface area contributed by atoms with Gasteiger partial charge < -0.3 is 62.1 Å². The van der Waals surface area contributed by atoms with Crippen LogP contribution < -0.4 is 0 Å². The van der Waals surface area contributed by atoms with E-state index in [0.29, 0.717) is 32.5 Å². The molecule has 3 aliphatic heterocycles. The lowest BCUT2D eigenvalue weighted by Crippen LogP contribution is -2.67. The third-order valence-electron chi connectivity index (χ3n) is 15.2. The smallest absolute Gasteiger partial charge is 0.309 e. The molecule has 0 saturated carbocycles. The van der Waals surface area contributed by atoms with Gasteiger partial charge in [-0.25, -0.2) is 10.0 Å². The summed E-state index contributed by atoms with van der Waals surface area (Å²) in [7, 11) is 10.1. The number of hydrogen-bond acceptors (Lipinski definition) is 20. The summed E-state index contributed by atoms with van der Waals surface area (Å²) in [4.78, 5) is 67.7. The molecule has 0 aromatic heterocycles. The Kier molecular flexibility index (Phi) is 26.5. The van der Waals surface area contributed by atoms with Crippen molar-refractivity contribution in [2.75, 3.05) is 62.1 Å². The Balaban J connectivity index is 1.84. The molecular formula is C56H93N3O17. The lowest BCUT2D eigenvalue weighted by Gasteiger charge is -2.53. The maximum absolute atomic E-state index is 14.2. The molecule has 3 heterocycles. The zero-order chi connectivity index (χ0) is 56.4. The lowest BCUT2D eigenvalue weighted by molar-refractivity contribution is -0.320. The van der Waals surface area contributed by atoms with Crippen molar-refractivity contribution in [2.24, 2.45) is 17.8 Å². The third kappa shape index (κ3) is 18.6. The van der Waals surface area contributed by atoms with Crippen LogP contribution in [0.3, 0.4) is 0 Å². The van der Waals surface area contributed by atoms with Gasteiger partial charge in [0.1, 0.15) is 30.5 Å². The van der Waals surface area contributed by atoms with Crippen LogP contribution in [0.5, 0.6) is 0 Å². The summed E-state index contributed by atoms with van der Waals surface area (Å²) < 4.78 is 68.5. The number of carbonyl (C=O) groups is 5. The molecule has 434 valence electrons. The Morgan fingerprint density at radius 3 is 2.12 bits per heavy atom. The van der Waals surface area contributed by atoms with E-state index in [-0.39, 0.29) is 38.0 Å². The summed E-state index contributed by atoms with van der Waals surface area (Å²) in [5.74, 6) is -4.50. The molecule has 1 N–H and O–H groups in total. The molecule has 0 bridgehead atoms. The molecule has 0 radical (unpaired) electrons. The van der Waals surface area contributed by atoms with Gasteiger partial charge in [-0.05, 0) is 91.3 Å². The average Bonchev–Trinajstić information content (AvgIpc) is 3.35. The molecule has 4 rings (SSSR count). The number of hydrazine groups is 1. The number of hydrogen-bond donors (Lipinski definition) is 1. The van der Waals surface area contributed by atoms with Gasteiger partial charge in [-0.2, -0.15) is 0 Å². The molecule has 20 heteroatoms. The third-order valence-corrected chi connectivity index (χ3v) is 15.2. The number of esters is 5. The molecule has 0 unspecified atom stereocenters. The molecule has 3 fully saturated rings. The first-order valence-corrected chi connectivity index (χ1v) is 27.3. The van der Waals surface area contributed by atoms with E-state index in [9.17, 15) is 29.1 Å². The number of benzene rings is 1. The highest BCUT2D eigenvalue weighted by molar-refractivity contribution is 5.73. The van der Waals surface area contributed by atoms with Crippen LogP contribution in [0.1, 0.15) is 126 Å². The molecule has 76 heavy (non-hydrogen) atoms. The Morgan fingerprint density at radius 1 is 0.868 bits per heavy atom. The van der Waals surface area contributed by atoms with Crippen LogP contribution in [0.25, 0.3) is 0 Å². The summed E-state index contributed by atoms with van der Waals surface area (Å²) in [5.41, 5.74) is -0.0787. The van der Waals surface area contributed by atoms with E-state index >= 15 is 0 Å². The minimum atomic E-state index is -1.36. The van der Waals surface area contributed by atoms with Gasteiger partial charge in [0.05, 0.1) is 43.4 Å². The first-order valence-electron chi connectivity index (χ1n) is 27.3. The molecule has 0 aliphatic carbocycles. The van der Waals surface area contributed by atoms with E-state index in [4.69, 9.17) is 52.1 Å². The van der Waals surface area contributed by atoms with Crippen molar-refractivity contribution < 1.29 is 81.2 Å². The number of aliphatic hydroxyl groups is 1. The predicted molar refractivity (Wildman–Crippen MR) is 280 cm³/mol. The van der Waals surface area contributed by atoms with Crippen LogP contribution in [0.15, 0.2) is 30.3 Å². The van der Waals surface area contributed by atoms with Crippen molar-refractivity contribution in [2.45, 2.75) is 212 Å². The minimum absolute atomic E-state index is 0.000839. The zero-order valence-electron chi connectivity index (χ0n) is 48.1. The van der Waals surface area contributed by atoms with Crippen LogP contribution in [0.4, 0.5) is 0 Å². The number of aliphatic hydroxyl groups excluding tert-OH is 1. The van der Waals surface area contributed by atoms with Gasteiger partial charge in [-0.1, -0.05) is 51.1 Å². The van der Waals surface area contributed by atoms with Crippen molar-refractivity contribution in [3.05, 3.63) is 35.9 Å². The van der Waals surface area contributed by atoms with Gasteiger partial charge in [0.2, 0.25) is 0 Å². The van der Waals surface area contributed by atoms with Gasteiger partial charge in [-0.15, -0.1) is 0 Å². The SMILES string of the molecule is CCC(=O)O[C@@H]1CC(=O)O[C@H](C)CCN(CCCCc2ccccc2)N(C)C[C@H](OC(C)=O)[C@H](C)C[C@H](CC(OC)OC)[C@H]([C@@H]2O[C@H](C)[C@@H](O[C@@H]3C[C@@](C)(OC(C)=O)[C@@H](OC(=O)CC)[C@H](C)O3)[C@H](N(C)C)[C@H]2O)[C@@H]1OC. The fourth-order valence-electron chi connectivity index (χ4n) is 11.4. The van der Waals surface area contributed by atoms with Crippen molar-refractivity contribution in [3.8, 4) is 0 Å². The number of methoxy groups -OCH3 is 3. The summed E-state index contributed by atoms with van der Waals surface area (Å²) in [6.07, 6.45) is -7.69. The Morgan fingerprint density at radius 2 is 1.53 bits per heavy atom. The zero-order valence-corrected chi connectivity index (χ0v) is 48.1. The Labute approximate surface area is 452 Å². The second-order valence-corrected chi connectivity index (χ2v) is 21.4. The summed E-state index contributed by atoms with van der Waals surface area (Å²) in [5, 5.41) is 17.4. The maximum Gasteiger partial charge on any atom is 0.309 e. The first-order chi connectivity index (χ1) is 36.0. The second kappa shape index (κ2) is 31.1. The van der Waals surface area contributed by atoms with Crippen LogP contribution in [-0.4, -0.2) is 197 Å². The van der Waals surface area contributed by atoms with E-state index in [0.717, 1.165) is 19.3 Å². The van der Waals surface area contributed by atoms with Crippen LogP contribution in [0, 0.1) is 17.8 Å². The van der Waals surface area contributed by atoms with Gasteiger partial charge in [-0.3, -0.25) is 24.0 Å². The van der Waals surface area contributed by atoms with Crippen molar-refractivity contribution in [3.63, 3.8) is 0 Å². The average molecular weight is 1080 g/mol. The van der Waals surface area contributed by atoms with Gasteiger partial charge in [0, 0.05) is 86.9 Å². The highest BCUT2D eigenvalue weighted by Crippen LogP contribution is 2.44. The number of unbranched alkanes of at least 4 members (excludes halogenated alkanes) is 1. The highest BCUT2D eigenvalue weighted by Gasteiger charge is 2.56. The highest BCUT2D eigenvalue weighted by atomic mass is 16.7. The lowest BCUT2D eigenvalue weighted by atomic mass is 9.70. The predicted octanol–water partition coefficient (Wildman–Crippen LogP) is 5.66. The second-order valence-electron chi connectivity index (χ2n) is 21.4. The van der Waals surface area contributed by atoms with E-state index in [1.165, 1.54) is 40.7 Å². The number of likely N-dealkylation sites (N-methyl/N-ethyl adjacent to an activating group) is 2. The van der Waals surface area contributed by atoms with Crippen molar-refractivity contribution in [1.29, 1.82) is 0 Å². The summed E-state index contributed by atoms with van der Waals surface area (Å²) in [6.45, 7) is 16.6. The first kappa shape index (κ1) is 64.7. The van der Waals surface area contributed by atoms with E-state index < -0.39 is 127 Å². The molecular weight excluding hydrogens is 987 g/mol. The molecule has 0 spiro atoms. The maximum atomic E-state index is 14.2. The van der Waals surface area contributed by atoms with Gasteiger partial charge in [0.15, 0.2) is 24.3 Å². The van der Waals surface area contributed by atoms with Crippen molar-refractivity contribution in [1.82, 2.24) is 14.9 Å². The van der Waals surface area contributed by atoms with E-state index in [1.807, 2.05) is 50.9 Å². The molecule has 1 aromatic rings. The number of rotatable bonds is 20. The molecule has 0 amide bonds. The molecule has 16 atom stereocenters. The van der Waals surface area contributed by atoms with E-state index in [1.54, 1.807) is 41.8 Å². The normalized spacial score (nSPS) is 33.8. The van der Waals surface area contributed by atoms with Gasteiger partial charge in [0.25, 0.3) is 0 Å². The van der Waals surface area contributed by atoms with Crippen LogP contribution in [-0.2, 0) is 82.5 Å². The van der Waals surface area contributed by atoms with Crippen molar-refractivity contribution >= 4 is 29.8 Å².